The first-order valence-electron chi connectivity index (χ1n) is 6.64. The molecule has 0 saturated heterocycles. The summed E-state index contributed by atoms with van der Waals surface area (Å²) in [6, 6.07) is 12.1. The molecule has 2 N–H and O–H groups in total. The van der Waals surface area contributed by atoms with Gasteiger partial charge in [0, 0.05) is 4.47 Å². The summed E-state index contributed by atoms with van der Waals surface area (Å²) in [6.45, 7) is 2.06. The van der Waals surface area contributed by atoms with Crippen molar-refractivity contribution in [3.05, 3.63) is 68.1 Å². The number of hydrogen-bond acceptors (Lipinski definition) is 3. The molecule has 5 heteroatoms. The molecule has 0 fully saturated rings. The van der Waals surface area contributed by atoms with E-state index in [1.807, 2.05) is 31.3 Å². The molecule has 1 atom stereocenters. The van der Waals surface area contributed by atoms with Gasteiger partial charge in [-0.15, -0.1) is 0 Å². The Hall–Kier alpha value is -1.85. The van der Waals surface area contributed by atoms with Crippen molar-refractivity contribution >= 4 is 27.0 Å². The third-order valence-corrected chi connectivity index (χ3v) is 4.47. The van der Waals surface area contributed by atoms with Gasteiger partial charge < -0.3 is 9.73 Å². The third-order valence-electron chi connectivity index (χ3n) is 3.58. The molecule has 0 aliphatic rings. The Bertz CT molecular complexity index is 851. The maximum Gasteiger partial charge on any atom is 0.417 e. The summed E-state index contributed by atoms with van der Waals surface area (Å²) in [7, 11) is 1.92. The highest BCUT2D eigenvalue weighted by Gasteiger charge is 2.14. The van der Waals surface area contributed by atoms with Gasteiger partial charge in [0.05, 0.1) is 11.6 Å². The van der Waals surface area contributed by atoms with Crippen molar-refractivity contribution in [2.45, 2.75) is 13.0 Å². The van der Waals surface area contributed by atoms with Crippen LogP contribution in [0.5, 0.6) is 0 Å². The van der Waals surface area contributed by atoms with E-state index in [1.165, 1.54) is 5.56 Å². The van der Waals surface area contributed by atoms with Gasteiger partial charge in [0.1, 0.15) is 0 Å². The van der Waals surface area contributed by atoms with Gasteiger partial charge in [0.15, 0.2) is 5.58 Å². The molecule has 2 aromatic carbocycles. The Morgan fingerprint density at radius 1 is 1.19 bits per heavy atom. The third kappa shape index (κ3) is 2.66. The zero-order chi connectivity index (χ0) is 15.0. The summed E-state index contributed by atoms with van der Waals surface area (Å²) in [4.78, 5) is 13.9. The minimum absolute atomic E-state index is 0.0430. The minimum Gasteiger partial charge on any atom is -0.408 e. The van der Waals surface area contributed by atoms with Gasteiger partial charge >= 0.3 is 5.76 Å². The van der Waals surface area contributed by atoms with Crippen LogP contribution in [0.2, 0.25) is 0 Å². The van der Waals surface area contributed by atoms with E-state index in [9.17, 15) is 4.79 Å². The molecule has 0 saturated carbocycles. The fraction of sp³-hybridized carbons (Fsp3) is 0.188. The zero-order valence-corrected chi connectivity index (χ0v) is 13.3. The highest BCUT2D eigenvalue weighted by Crippen LogP contribution is 2.27. The van der Waals surface area contributed by atoms with Crippen LogP contribution in [-0.2, 0) is 0 Å². The van der Waals surface area contributed by atoms with Crippen molar-refractivity contribution in [3.8, 4) is 0 Å². The largest absolute Gasteiger partial charge is 0.417 e. The first kappa shape index (κ1) is 14.1. The standard InChI is InChI=1S/C16H15BrN2O2/c1-9-7-10(3-5-12(9)17)15(18-2)11-4-6-13-14(8-11)21-16(20)19-13/h3-8,15,18H,1-2H3,(H,19,20). The quantitative estimate of drug-likeness (QED) is 0.762. The molecule has 0 amide bonds. The number of fused-ring (bicyclic) bond motifs is 1. The van der Waals surface area contributed by atoms with Crippen LogP contribution < -0.4 is 11.1 Å². The van der Waals surface area contributed by atoms with Crippen LogP contribution in [0.4, 0.5) is 0 Å². The smallest absolute Gasteiger partial charge is 0.408 e. The lowest BCUT2D eigenvalue weighted by Gasteiger charge is -2.18. The number of H-pyrrole nitrogens is 1. The predicted octanol–water partition coefficient (Wildman–Crippen LogP) is 3.50. The average molecular weight is 347 g/mol. The van der Waals surface area contributed by atoms with E-state index < -0.39 is 5.76 Å². The van der Waals surface area contributed by atoms with E-state index in [1.54, 1.807) is 0 Å². The van der Waals surface area contributed by atoms with Crippen molar-refractivity contribution in [3.63, 3.8) is 0 Å². The molecule has 0 spiro atoms. The first-order valence-corrected chi connectivity index (χ1v) is 7.44. The van der Waals surface area contributed by atoms with E-state index in [0.717, 1.165) is 15.6 Å². The SMILES string of the molecule is CNC(c1ccc(Br)c(C)c1)c1ccc2[nH]c(=O)oc2c1. The van der Waals surface area contributed by atoms with Crippen LogP contribution in [0.1, 0.15) is 22.7 Å². The van der Waals surface area contributed by atoms with Gasteiger partial charge in [-0.1, -0.05) is 34.1 Å². The summed E-state index contributed by atoms with van der Waals surface area (Å²) in [5.41, 5.74) is 4.68. The normalized spacial score (nSPS) is 12.7. The molecule has 1 heterocycles. The average Bonchev–Trinajstić information content (AvgIpc) is 2.83. The number of aromatic nitrogens is 1. The Morgan fingerprint density at radius 3 is 2.62 bits per heavy atom. The Morgan fingerprint density at radius 2 is 1.90 bits per heavy atom. The second-order valence-corrected chi connectivity index (χ2v) is 5.85. The maximum atomic E-state index is 11.2. The number of nitrogens with one attached hydrogen (secondary N) is 2. The van der Waals surface area contributed by atoms with Crippen molar-refractivity contribution in [2.24, 2.45) is 0 Å². The number of benzene rings is 2. The number of oxazole rings is 1. The molecule has 1 aromatic heterocycles. The number of halogens is 1. The molecular formula is C16H15BrN2O2. The number of aromatic amines is 1. The molecule has 1 unspecified atom stereocenters. The Labute approximate surface area is 130 Å². The number of aryl methyl sites for hydroxylation is 1. The van der Waals surface area contributed by atoms with E-state index in [0.29, 0.717) is 11.1 Å². The summed E-state index contributed by atoms with van der Waals surface area (Å²) in [5, 5.41) is 3.31. The van der Waals surface area contributed by atoms with Gasteiger partial charge in [-0.2, -0.15) is 0 Å². The predicted molar refractivity (Wildman–Crippen MR) is 86.6 cm³/mol. The monoisotopic (exact) mass is 346 g/mol. The van der Waals surface area contributed by atoms with Crippen LogP contribution in [0.25, 0.3) is 11.1 Å². The summed E-state index contributed by atoms with van der Waals surface area (Å²) in [6.07, 6.45) is 0. The summed E-state index contributed by atoms with van der Waals surface area (Å²) >= 11 is 3.52. The van der Waals surface area contributed by atoms with Crippen LogP contribution in [0.3, 0.4) is 0 Å². The van der Waals surface area contributed by atoms with E-state index >= 15 is 0 Å². The van der Waals surface area contributed by atoms with Gasteiger partial charge in [-0.25, -0.2) is 4.79 Å². The molecular weight excluding hydrogens is 332 g/mol. The molecule has 21 heavy (non-hydrogen) atoms. The second kappa shape index (κ2) is 5.50. The first-order chi connectivity index (χ1) is 10.1. The van der Waals surface area contributed by atoms with E-state index in [-0.39, 0.29) is 6.04 Å². The summed E-state index contributed by atoms with van der Waals surface area (Å²) < 4.78 is 6.23. The molecule has 0 aliphatic carbocycles. The number of rotatable bonds is 3. The van der Waals surface area contributed by atoms with E-state index in [2.05, 4.69) is 45.3 Å². The van der Waals surface area contributed by atoms with Crippen molar-refractivity contribution < 1.29 is 4.42 Å². The van der Waals surface area contributed by atoms with Crippen LogP contribution in [0.15, 0.2) is 50.1 Å². The molecule has 0 radical (unpaired) electrons. The molecule has 108 valence electrons. The van der Waals surface area contributed by atoms with Crippen molar-refractivity contribution in [2.75, 3.05) is 7.05 Å². The summed E-state index contributed by atoms with van der Waals surface area (Å²) in [5.74, 6) is -0.428. The van der Waals surface area contributed by atoms with Gasteiger partial charge in [0.25, 0.3) is 0 Å². The van der Waals surface area contributed by atoms with Gasteiger partial charge in [-0.05, 0) is 48.9 Å². The zero-order valence-electron chi connectivity index (χ0n) is 11.7. The fourth-order valence-corrected chi connectivity index (χ4v) is 2.76. The Kier molecular flexibility index (Phi) is 3.69. The highest BCUT2D eigenvalue weighted by molar-refractivity contribution is 9.10. The highest BCUT2D eigenvalue weighted by atomic mass is 79.9. The topological polar surface area (TPSA) is 58.0 Å². The van der Waals surface area contributed by atoms with E-state index in [4.69, 9.17) is 4.42 Å². The van der Waals surface area contributed by atoms with Crippen molar-refractivity contribution in [1.29, 1.82) is 0 Å². The molecule has 0 bridgehead atoms. The number of hydrogen-bond donors (Lipinski definition) is 2. The fourth-order valence-electron chi connectivity index (χ4n) is 2.51. The molecule has 3 aromatic rings. The maximum absolute atomic E-state index is 11.2. The van der Waals surface area contributed by atoms with Crippen LogP contribution >= 0.6 is 15.9 Å². The Balaban J connectivity index is 2.08. The molecule has 3 rings (SSSR count). The molecule has 0 aliphatic heterocycles. The van der Waals surface area contributed by atoms with Gasteiger partial charge in [0.2, 0.25) is 0 Å². The lowest BCUT2D eigenvalue weighted by Crippen LogP contribution is -2.17. The second-order valence-electron chi connectivity index (χ2n) is 5.00. The lowest BCUT2D eigenvalue weighted by molar-refractivity contribution is 0.554. The van der Waals surface area contributed by atoms with Crippen molar-refractivity contribution in [1.82, 2.24) is 10.3 Å². The van der Waals surface area contributed by atoms with Crippen LogP contribution in [0, 0.1) is 6.92 Å². The van der Waals surface area contributed by atoms with Crippen LogP contribution in [-0.4, -0.2) is 12.0 Å². The minimum atomic E-state index is -0.428. The van der Waals surface area contributed by atoms with Gasteiger partial charge in [-0.3, -0.25) is 4.98 Å². The molecule has 4 nitrogen and oxygen atoms in total. The lowest BCUT2D eigenvalue weighted by atomic mass is 9.97.